The summed E-state index contributed by atoms with van der Waals surface area (Å²) in [6, 6.07) is 11.2. The molecule has 4 rings (SSSR count). The summed E-state index contributed by atoms with van der Waals surface area (Å²) in [6.45, 7) is 7.47. The van der Waals surface area contributed by atoms with Crippen molar-refractivity contribution in [1.82, 2.24) is 9.80 Å². The van der Waals surface area contributed by atoms with E-state index < -0.39 is 17.8 Å². The minimum Gasteiger partial charge on any atom is -0.462 e. The lowest BCUT2D eigenvalue weighted by molar-refractivity contribution is -0.124. The van der Waals surface area contributed by atoms with Gasteiger partial charge in [-0.1, -0.05) is 6.92 Å². The molecule has 202 valence electrons. The molecular weight excluding hydrogens is 507 g/mol. The Morgan fingerprint density at radius 3 is 2.34 bits per heavy atom. The zero-order valence-electron chi connectivity index (χ0n) is 21.7. The molecule has 0 spiro atoms. The zero-order valence-corrected chi connectivity index (χ0v) is 22.5. The van der Waals surface area contributed by atoms with Crippen molar-refractivity contribution in [2.75, 3.05) is 43.0 Å². The fourth-order valence-corrected chi connectivity index (χ4v) is 5.16. The summed E-state index contributed by atoms with van der Waals surface area (Å²) in [5.41, 5.74) is 1.34. The second-order valence-electron chi connectivity index (χ2n) is 9.72. The number of carbonyl (C=O) groups is 3. The maximum Gasteiger partial charge on any atom is 0.338 e. The highest BCUT2D eigenvalue weighted by molar-refractivity contribution is 7.80. The Hall–Kier alpha value is -3.37. The van der Waals surface area contributed by atoms with Crippen LogP contribution in [0.3, 0.4) is 0 Å². The van der Waals surface area contributed by atoms with Crippen LogP contribution in [0.2, 0.25) is 0 Å². The molecule has 2 saturated heterocycles. The molecule has 10 heteroatoms. The lowest BCUT2D eigenvalue weighted by Crippen LogP contribution is -2.44. The number of hydrogen-bond acceptors (Lipinski definition) is 6. The topological polar surface area (TPSA) is 82.2 Å². The van der Waals surface area contributed by atoms with E-state index in [0.29, 0.717) is 34.5 Å². The van der Waals surface area contributed by atoms with Crippen molar-refractivity contribution in [3.05, 3.63) is 59.9 Å². The molecule has 1 unspecified atom stereocenters. The molecule has 2 heterocycles. The van der Waals surface area contributed by atoms with E-state index in [1.807, 2.05) is 4.90 Å². The van der Waals surface area contributed by atoms with Gasteiger partial charge < -0.3 is 19.9 Å². The first-order valence-electron chi connectivity index (χ1n) is 13.0. The lowest BCUT2D eigenvalue weighted by atomic mass is 9.99. The maximum atomic E-state index is 13.6. The highest BCUT2D eigenvalue weighted by Crippen LogP contribution is 2.28. The molecule has 0 aliphatic carbocycles. The number of ether oxygens (including phenoxy) is 1. The van der Waals surface area contributed by atoms with E-state index in [-0.39, 0.29) is 24.8 Å². The average molecular weight is 541 g/mol. The summed E-state index contributed by atoms with van der Waals surface area (Å²) in [6.07, 6.45) is 2.16. The molecule has 1 N–H and O–H groups in total. The number of nitrogens with zero attached hydrogens (tertiary/aromatic N) is 3. The van der Waals surface area contributed by atoms with Gasteiger partial charge in [-0.25, -0.2) is 9.18 Å². The van der Waals surface area contributed by atoms with Crippen LogP contribution in [-0.4, -0.2) is 71.5 Å². The van der Waals surface area contributed by atoms with Crippen LogP contribution in [0.15, 0.2) is 48.5 Å². The number of piperidine rings is 1. The molecule has 0 saturated carbocycles. The van der Waals surface area contributed by atoms with Gasteiger partial charge in [-0.3, -0.25) is 14.5 Å². The molecule has 2 aromatic carbocycles. The Morgan fingerprint density at radius 1 is 1.05 bits per heavy atom. The SMILES string of the molecule is CCOC(=O)c1ccc(N2C(=O)C(CC(=O)Nc3ccc(F)cc3)N(CCN3CCC(C)CC3)C2=S)cc1. The summed E-state index contributed by atoms with van der Waals surface area (Å²) < 4.78 is 18.3. The first kappa shape index (κ1) is 27.7. The van der Waals surface area contributed by atoms with Crippen LogP contribution in [0.4, 0.5) is 15.8 Å². The predicted octanol–water partition coefficient (Wildman–Crippen LogP) is 4.07. The predicted molar refractivity (Wildman–Crippen MR) is 147 cm³/mol. The number of hydrogen-bond donors (Lipinski definition) is 1. The maximum absolute atomic E-state index is 13.6. The Kier molecular flexibility index (Phi) is 9.06. The second kappa shape index (κ2) is 12.4. The molecule has 38 heavy (non-hydrogen) atoms. The van der Waals surface area contributed by atoms with Crippen LogP contribution in [0.5, 0.6) is 0 Å². The van der Waals surface area contributed by atoms with Crippen molar-refractivity contribution in [2.45, 2.75) is 39.2 Å². The first-order valence-corrected chi connectivity index (χ1v) is 13.4. The quantitative estimate of drug-likeness (QED) is 0.379. The van der Waals surface area contributed by atoms with Gasteiger partial charge >= 0.3 is 5.97 Å². The normalized spacial score (nSPS) is 18.7. The highest BCUT2D eigenvalue weighted by atomic mass is 32.1. The summed E-state index contributed by atoms with van der Waals surface area (Å²) in [5.74, 6) is -0.810. The van der Waals surface area contributed by atoms with E-state index in [1.165, 1.54) is 29.2 Å². The number of likely N-dealkylation sites (tertiary alicyclic amines) is 1. The van der Waals surface area contributed by atoms with Crippen molar-refractivity contribution in [1.29, 1.82) is 0 Å². The molecule has 2 aliphatic heterocycles. The van der Waals surface area contributed by atoms with Gasteiger partial charge in [0.1, 0.15) is 11.9 Å². The number of halogens is 1. The van der Waals surface area contributed by atoms with E-state index in [0.717, 1.165) is 32.5 Å². The standard InChI is InChI=1S/C28H33FN4O4S/c1-3-37-27(36)20-4-10-23(11-5-20)33-26(35)24(18-25(34)30-22-8-6-21(29)7-9-22)32(28(33)38)17-16-31-14-12-19(2)13-15-31/h4-11,19,24H,3,12-18H2,1-2H3,(H,30,34). The summed E-state index contributed by atoms with van der Waals surface area (Å²) in [5, 5.41) is 3.06. The van der Waals surface area contributed by atoms with Gasteiger partial charge in [0, 0.05) is 18.8 Å². The summed E-state index contributed by atoms with van der Waals surface area (Å²) in [7, 11) is 0. The van der Waals surface area contributed by atoms with Crippen molar-refractivity contribution in [3.8, 4) is 0 Å². The molecular formula is C28H33FN4O4S. The molecule has 0 aromatic heterocycles. The van der Waals surface area contributed by atoms with Crippen LogP contribution in [0, 0.1) is 11.7 Å². The van der Waals surface area contributed by atoms with Gasteiger partial charge in [-0.15, -0.1) is 0 Å². The number of esters is 1. The van der Waals surface area contributed by atoms with Crippen LogP contribution in [-0.2, 0) is 14.3 Å². The third-order valence-corrected chi connectivity index (χ3v) is 7.41. The van der Waals surface area contributed by atoms with Gasteiger partial charge in [0.2, 0.25) is 5.91 Å². The van der Waals surface area contributed by atoms with Crippen LogP contribution in [0.1, 0.15) is 43.5 Å². The number of nitrogens with one attached hydrogen (secondary N) is 1. The third-order valence-electron chi connectivity index (χ3n) is 7.00. The van der Waals surface area contributed by atoms with Gasteiger partial charge in [0.15, 0.2) is 5.11 Å². The van der Waals surface area contributed by atoms with E-state index in [1.54, 1.807) is 31.2 Å². The molecule has 2 fully saturated rings. The Balaban J connectivity index is 1.51. The van der Waals surface area contributed by atoms with Gasteiger partial charge in [-0.05, 0) is 99.5 Å². The fraction of sp³-hybridized carbons (Fsp3) is 0.429. The number of benzene rings is 2. The monoisotopic (exact) mass is 540 g/mol. The lowest BCUT2D eigenvalue weighted by Gasteiger charge is -2.32. The van der Waals surface area contributed by atoms with Gasteiger partial charge in [-0.2, -0.15) is 0 Å². The van der Waals surface area contributed by atoms with Gasteiger partial charge in [0.05, 0.1) is 24.3 Å². The minimum absolute atomic E-state index is 0.106. The van der Waals surface area contributed by atoms with Crippen LogP contribution in [0.25, 0.3) is 0 Å². The summed E-state index contributed by atoms with van der Waals surface area (Å²) >= 11 is 5.75. The molecule has 2 aromatic rings. The zero-order chi connectivity index (χ0) is 27.2. The molecule has 2 aliphatic rings. The Bertz CT molecular complexity index is 1170. The van der Waals surface area contributed by atoms with Gasteiger partial charge in [0.25, 0.3) is 5.91 Å². The molecule has 8 nitrogen and oxygen atoms in total. The average Bonchev–Trinajstić information content (AvgIpc) is 3.13. The molecule has 0 radical (unpaired) electrons. The summed E-state index contributed by atoms with van der Waals surface area (Å²) in [4.78, 5) is 44.2. The first-order chi connectivity index (χ1) is 18.3. The van der Waals surface area contributed by atoms with E-state index >= 15 is 0 Å². The Morgan fingerprint density at radius 2 is 1.71 bits per heavy atom. The van der Waals surface area contributed by atoms with Crippen molar-refractivity contribution in [3.63, 3.8) is 0 Å². The number of anilines is 2. The van der Waals surface area contributed by atoms with Crippen LogP contribution < -0.4 is 10.2 Å². The van der Waals surface area contributed by atoms with Crippen molar-refractivity contribution >= 4 is 46.5 Å². The fourth-order valence-electron chi connectivity index (χ4n) is 4.74. The van der Waals surface area contributed by atoms with E-state index in [9.17, 15) is 18.8 Å². The van der Waals surface area contributed by atoms with E-state index in [4.69, 9.17) is 17.0 Å². The molecule has 2 amide bonds. The third kappa shape index (κ3) is 6.54. The number of thiocarbonyl (C=S) groups is 1. The van der Waals surface area contributed by atoms with Crippen molar-refractivity contribution in [2.24, 2.45) is 5.92 Å². The van der Waals surface area contributed by atoms with Crippen molar-refractivity contribution < 1.29 is 23.5 Å². The number of rotatable bonds is 9. The minimum atomic E-state index is -0.781. The van der Waals surface area contributed by atoms with Crippen LogP contribution >= 0.6 is 12.2 Å². The van der Waals surface area contributed by atoms with E-state index in [2.05, 4.69) is 17.1 Å². The smallest absolute Gasteiger partial charge is 0.338 e. The second-order valence-corrected chi connectivity index (χ2v) is 10.1. The Labute approximate surface area is 227 Å². The molecule has 0 bridgehead atoms. The number of amides is 2. The largest absolute Gasteiger partial charge is 0.462 e. The highest BCUT2D eigenvalue weighted by Gasteiger charge is 2.44. The number of carbonyl (C=O) groups excluding carboxylic acids is 3. The molecule has 1 atom stereocenters.